The molecular formula is C28H29Cl3SiTi. The maximum atomic E-state index is 3.99. The SMILES string of the molecule is CC1=[C-]C(C)([Si](Cc2ccccc2)(c2ccccc2)c2ccccc2)C(C)=C1C.[Cl-].[Cl-].[Cl-].[Ti+4]. The summed E-state index contributed by atoms with van der Waals surface area (Å²) in [5, 5.41) is 2.86. The van der Waals surface area contributed by atoms with Crippen LogP contribution in [0.1, 0.15) is 33.3 Å². The predicted molar refractivity (Wildman–Crippen MR) is 127 cm³/mol. The number of allylic oxidation sites excluding steroid dienone is 4. The molecule has 3 aromatic rings. The van der Waals surface area contributed by atoms with Crippen LogP contribution in [-0.2, 0) is 27.8 Å². The third-order valence-electron chi connectivity index (χ3n) is 7.01. The van der Waals surface area contributed by atoms with Crippen molar-refractivity contribution in [1.29, 1.82) is 0 Å². The Morgan fingerprint density at radius 1 is 0.667 bits per heavy atom. The topological polar surface area (TPSA) is 0 Å². The molecule has 1 aliphatic rings. The van der Waals surface area contributed by atoms with E-state index in [4.69, 9.17) is 0 Å². The third kappa shape index (κ3) is 5.61. The molecule has 0 radical (unpaired) electrons. The van der Waals surface area contributed by atoms with Gasteiger partial charge in [0.1, 0.15) is 8.07 Å². The molecule has 33 heavy (non-hydrogen) atoms. The van der Waals surface area contributed by atoms with Gasteiger partial charge in [-0.25, -0.2) is 5.57 Å². The Labute approximate surface area is 234 Å². The molecule has 1 atom stereocenters. The van der Waals surface area contributed by atoms with Gasteiger partial charge in [-0.2, -0.15) is 11.1 Å². The van der Waals surface area contributed by atoms with Gasteiger partial charge in [-0.3, -0.25) is 6.08 Å². The summed E-state index contributed by atoms with van der Waals surface area (Å²) in [6, 6.07) is 34.5. The van der Waals surface area contributed by atoms with Gasteiger partial charge in [0.25, 0.3) is 0 Å². The maximum absolute atomic E-state index is 3.99. The van der Waals surface area contributed by atoms with Crippen molar-refractivity contribution in [3.63, 3.8) is 0 Å². The zero-order chi connectivity index (χ0) is 20.5. The Morgan fingerprint density at radius 3 is 1.42 bits per heavy atom. The molecule has 170 valence electrons. The molecular weight excluding hydrogens is 519 g/mol. The molecule has 1 aliphatic carbocycles. The fraction of sp³-hybridized carbons (Fsp3) is 0.214. The van der Waals surface area contributed by atoms with Crippen molar-refractivity contribution < 1.29 is 58.9 Å². The van der Waals surface area contributed by atoms with Crippen molar-refractivity contribution in [3.05, 3.63) is 119 Å². The minimum Gasteiger partial charge on any atom is -1.00 e. The van der Waals surface area contributed by atoms with Crippen LogP contribution in [0, 0.1) is 6.08 Å². The van der Waals surface area contributed by atoms with Gasteiger partial charge in [0.15, 0.2) is 0 Å². The van der Waals surface area contributed by atoms with Crippen LogP contribution in [0.5, 0.6) is 0 Å². The summed E-state index contributed by atoms with van der Waals surface area (Å²) < 4.78 is 0. The van der Waals surface area contributed by atoms with Gasteiger partial charge in [0.2, 0.25) is 0 Å². The Balaban J connectivity index is 0.00000256. The smallest absolute Gasteiger partial charge is 1.00 e. The standard InChI is InChI=1S/C28H29Si.3ClH.Ti/c1-22-20-28(4,24(3)23(22)2)29(26-16-10-6-11-17-26,27-18-12-7-13-19-27)21-25-14-8-5-9-15-25;;;;/h5-19H,21H2,1-4H3;3*1H;/q-1;;;;+4/p-3. The monoisotopic (exact) mass is 546 g/mol. The van der Waals surface area contributed by atoms with Crippen molar-refractivity contribution in [2.75, 3.05) is 0 Å². The molecule has 0 saturated carbocycles. The number of hydrogen-bond donors (Lipinski definition) is 0. The number of rotatable bonds is 5. The number of hydrogen-bond acceptors (Lipinski definition) is 0. The largest absolute Gasteiger partial charge is 4.00 e. The number of halogens is 3. The number of benzene rings is 3. The molecule has 5 heteroatoms. The van der Waals surface area contributed by atoms with Crippen molar-refractivity contribution in [3.8, 4) is 0 Å². The van der Waals surface area contributed by atoms with E-state index in [9.17, 15) is 0 Å². The van der Waals surface area contributed by atoms with Gasteiger partial charge in [-0.1, -0.05) is 133 Å². The van der Waals surface area contributed by atoms with Crippen LogP contribution in [0.15, 0.2) is 108 Å². The summed E-state index contributed by atoms with van der Waals surface area (Å²) in [5.74, 6) is 0. The van der Waals surface area contributed by atoms with Crippen LogP contribution in [0.2, 0.25) is 5.04 Å². The van der Waals surface area contributed by atoms with Crippen molar-refractivity contribution in [2.45, 2.75) is 38.8 Å². The first-order valence-corrected chi connectivity index (χ1v) is 12.6. The van der Waals surface area contributed by atoms with Crippen LogP contribution >= 0.6 is 0 Å². The quantitative estimate of drug-likeness (QED) is 0.235. The fourth-order valence-electron chi connectivity index (χ4n) is 5.12. The summed E-state index contributed by atoms with van der Waals surface area (Å²) in [4.78, 5) is 0. The Bertz CT molecular complexity index is 1030. The summed E-state index contributed by atoms with van der Waals surface area (Å²) in [6.07, 6.45) is 3.99. The van der Waals surface area contributed by atoms with Crippen molar-refractivity contribution in [2.24, 2.45) is 0 Å². The molecule has 0 saturated heterocycles. The van der Waals surface area contributed by atoms with Crippen LogP contribution in [0.3, 0.4) is 0 Å². The molecule has 4 rings (SSSR count). The summed E-state index contributed by atoms with van der Waals surface area (Å²) >= 11 is 0. The molecule has 0 nitrogen and oxygen atoms in total. The normalized spacial score (nSPS) is 17.0. The molecule has 3 aromatic carbocycles. The van der Waals surface area contributed by atoms with Crippen LogP contribution < -0.4 is 47.6 Å². The maximum Gasteiger partial charge on any atom is 4.00 e. The zero-order valence-corrected chi connectivity index (χ0v) is 24.3. The van der Waals surface area contributed by atoms with Gasteiger partial charge in [-0.15, -0.1) is 6.92 Å². The summed E-state index contributed by atoms with van der Waals surface area (Å²) in [7, 11) is -2.32. The Hall–Kier alpha value is -1.06. The first-order valence-electron chi connectivity index (χ1n) is 10.4. The Kier molecular flexibility index (Phi) is 12.7. The van der Waals surface area contributed by atoms with Crippen molar-refractivity contribution in [1.82, 2.24) is 0 Å². The first kappa shape index (κ1) is 31.9. The summed E-state index contributed by atoms with van der Waals surface area (Å²) in [6.45, 7) is 9.26. The van der Waals surface area contributed by atoms with Crippen LogP contribution in [-0.4, -0.2) is 8.07 Å². The molecule has 0 bridgehead atoms. The molecule has 0 amide bonds. The molecule has 0 aliphatic heterocycles. The van der Waals surface area contributed by atoms with E-state index in [0.717, 1.165) is 6.04 Å². The third-order valence-corrected chi connectivity index (χ3v) is 12.8. The van der Waals surface area contributed by atoms with E-state index >= 15 is 0 Å². The molecule has 1 unspecified atom stereocenters. The predicted octanol–water partition coefficient (Wildman–Crippen LogP) is -3.10. The van der Waals surface area contributed by atoms with E-state index in [-0.39, 0.29) is 64.0 Å². The second kappa shape index (κ2) is 13.1. The molecule has 0 N–H and O–H groups in total. The van der Waals surface area contributed by atoms with E-state index in [1.54, 1.807) is 0 Å². The van der Waals surface area contributed by atoms with Crippen LogP contribution in [0.4, 0.5) is 0 Å². The van der Waals surface area contributed by atoms with Gasteiger partial charge < -0.3 is 37.2 Å². The molecule has 0 spiro atoms. The van der Waals surface area contributed by atoms with E-state index in [2.05, 4.69) is 125 Å². The van der Waals surface area contributed by atoms with Gasteiger partial charge in [0.05, 0.1) is 0 Å². The zero-order valence-electron chi connectivity index (χ0n) is 19.5. The minimum absolute atomic E-state index is 0. The average molecular weight is 548 g/mol. The van der Waals surface area contributed by atoms with E-state index in [0.29, 0.717) is 0 Å². The second-order valence-corrected chi connectivity index (χ2v) is 12.7. The van der Waals surface area contributed by atoms with E-state index in [1.165, 1.54) is 32.7 Å². The second-order valence-electron chi connectivity index (χ2n) is 8.42. The summed E-state index contributed by atoms with van der Waals surface area (Å²) in [5.41, 5.74) is 5.60. The molecule has 0 aromatic heterocycles. The van der Waals surface area contributed by atoms with Crippen LogP contribution in [0.25, 0.3) is 0 Å². The Morgan fingerprint density at radius 2 is 1.06 bits per heavy atom. The molecule has 0 fully saturated rings. The van der Waals surface area contributed by atoms with Gasteiger partial charge in [-0.05, 0) is 6.04 Å². The minimum atomic E-state index is -2.32. The average Bonchev–Trinajstić information content (AvgIpc) is 2.97. The van der Waals surface area contributed by atoms with E-state index in [1.807, 2.05) is 0 Å². The van der Waals surface area contributed by atoms with Crippen molar-refractivity contribution >= 4 is 18.4 Å². The molecule has 0 heterocycles. The first-order chi connectivity index (χ1) is 14.0. The van der Waals surface area contributed by atoms with E-state index < -0.39 is 8.07 Å². The van der Waals surface area contributed by atoms with Gasteiger partial charge >= 0.3 is 21.7 Å². The fourth-order valence-corrected chi connectivity index (χ4v) is 11.0. The van der Waals surface area contributed by atoms with Gasteiger partial charge in [0, 0.05) is 0 Å².